The molecule has 0 heterocycles. The number of ether oxygens (including phenoxy) is 1. The minimum Gasteiger partial charge on any atom is -0.465 e. The zero-order valence-corrected chi connectivity index (χ0v) is 9.46. The smallest absolute Gasteiger partial charge is 0.316 e. The van der Waals surface area contributed by atoms with Gasteiger partial charge in [-0.3, -0.25) is 9.59 Å². The van der Waals surface area contributed by atoms with Crippen LogP contribution in [0.3, 0.4) is 0 Å². The van der Waals surface area contributed by atoms with Gasteiger partial charge < -0.3 is 4.74 Å². The first-order valence-electron chi connectivity index (χ1n) is 5.95. The number of esters is 1. The predicted octanol–water partition coefficient (Wildman–Crippen LogP) is 2.48. The molecule has 0 unspecified atom stereocenters. The lowest BCUT2D eigenvalue weighted by Crippen LogP contribution is -2.21. The van der Waals surface area contributed by atoms with Crippen LogP contribution >= 0.6 is 0 Å². The summed E-state index contributed by atoms with van der Waals surface area (Å²) in [5.41, 5.74) is 0. The molecule has 0 aromatic carbocycles. The van der Waals surface area contributed by atoms with E-state index in [9.17, 15) is 9.59 Å². The molecule has 1 rings (SSSR count). The Morgan fingerprint density at radius 1 is 1.40 bits per heavy atom. The average molecular weight is 212 g/mol. The molecule has 0 N–H and O–H groups in total. The van der Waals surface area contributed by atoms with Gasteiger partial charge in [0.05, 0.1) is 6.61 Å². The third-order valence-electron chi connectivity index (χ3n) is 2.83. The van der Waals surface area contributed by atoms with Gasteiger partial charge in [-0.15, -0.1) is 0 Å². The number of unbranched alkanes of at least 4 members (excludes halogenated alkanes) is 3. The number of rotatable bonds is 6. The number of ketones is 1. The van der Waals surface area contributed by atoms with Crippen molar-refractivity contribution in [1.29, 1.82) is 0 Å². The SMILES string of the molecule is CCCCCCOC(=O)[C@@H]1CCCC1=O. The van der Waals surface area contributed by atoms with Gasteiger partial charge in [0.25, 0.3) is 0 Å². The van der Waals surface area contributed by atoms with Crippen molar-refractivity contribution < 1.29 is 14.3 Å². The number of carbonyl (C=O) groups excluding carboxylic acids is 2. The molecule has 0 radical (unpaired) electrons. The summed E-state index contributed by atoms with van der Waals surface area (Å²) in [6.45, 7) is 2.62. The Balaban J connectivity index is 2.10. The molecule has 1 aliphatic rings. The molecule has 0 aromatic heterocycles. The van der Waals surface area contributed by atoms with Crippen LogP contribution in [0.25, 0.3) is 0 Å². The third-order valence-corrected chi connectivity index (χ3v) is 2.83. The molecule has 3 heteroatoms. The summed E-state index contributed by atoms with van der Waals surface area (Å²) >= 11 is 0. The second-order valence-electron chi connectivity index (χ2n) is 4.14. The van der Waals surface area contributed by atoms with Gasteiger partial charge in [-0.2, -0.15) is 0 Å². The van der Waals surface area contributed by atoms with E-state index < -0.39 is 5.92 Å². The van der Waals surface area contributed by atoms with Crippen molar-refractivity contribution in [3.63, 3.8) is 0 Å². The monoisotopic (exact) mass is 212 g/mol. The van der Waals surface area contributed by atoms with Gasteiger partial charge in [0.15, 0.2) is 0 Å². The van der Waals surface area contributed by atoms with Gasteiger partial charge in [0.2, 0.25) is 0 Å². The highest BCUT2D eigenvalue weighted by atomic mass is 16.5. The normalized spacial score (nSPS) is 20.6. The lowest BCUT2D eigenvalue weighted by Gasteiger charge is -2.08. The van der Waals surface area contributed by atoms with E-state index in [1.54, 1.807) is 0 Å². The molecule has 1 saturated carbocycles. The summed E-state index contributed by atoms with van der Waals surface area (Å²) in [6, 6.07) is 0. The number of Topliss-reactive ketones (excluding diaryl/α,β-unsaturated/α-hetero) is 1. The lowest BCUT2D eigenvalue weighted by atomic mass is 10.1. The van der Waals surface area contributed by atoms with E-state index in [2.05, 4.69) is 6.92 Å². The number of carbonyl (C=O) groups is 2. The Kier molecular flexibility index (Phi) is 5.37. The summed E-state index contributed by atoms with van der Waals surface area (Å²) < 4.78 is 5.08. The summed E-state index contributed by atoms with van der Waals surface area (Å²) in [5.74, 6) is -0.682. The standard InChI is InChI=1S/C12H20O3/c1-2-3-4-5-9-15-12(14)10-7-6-8-11(10)13/h10H,2-9H2,1H3/t10-/m1/s1. The first-order chi connectivity index (χ1) is 7.25. The highest BCUT2D eigenvalue weighted by Gasteiger charge is 2.31. The van der Waals surface area contributed by atoms with Crippen LogP contribution in [0.1, 0.15) is 51.9 Å². The van der Waals surface area contributed by atoms with Gasteiger partial charge in [-0.1, -0.05) is 26.2 Å². The van der Waals surface area contributed by atoms with Crippen LogP contribution in [-0.4, -0.2) is 18.4 Å². The van der Waals surface area contributed by atoms with Crippen LogP contribution < -0.4 is 0 Å². The van der Waals surface area contributed by atoms with E-state index in [1.807, 2.05) is 0 Å². The first-order valence-corrected chi connectivity index (χ1v) is 5.95. The quantitative estimate of drug-likeness (QED) is 0.386. The summed E-state index contributed by atoms with van der Waals surface area (Å²) in [6.07, 6.45) is 6.45. The topological polar surface area (TPSA) is 43.4 Å². The molecule has 1 fully saturated rings. The van der Waals surface area contributed by atoms with Crippen molar-refractivity contribution in [3.05, 3.63) is 0 Å². The Morgan fingerprint density at radius 2 is 2.20 bits per heavy atom. The second-order valence-corrected chi connectivity index (χ2v) is 4.14. The van der Waals surface area contributed by atoms with Crippen LogP contribution in [0.4, 0.5) is 0 Å². The maximum Gasteiger partial charge on any atom is 0.316 e. The molecular formula is C12H20O3. The molecule has 0 aromatic rings. The van der Waals surface area contributed by atoms with Crippen molar-refractivity contribution in [1.82, 2.24) is 0 Å². The fourth-order valence-corrected chi connectivity index (χ4v) is 1.87. The van der Waals surface area contributed by atoms with Crippen LogP contribution in [-0.2, 0) is 14.3 Å². The van der Waals surface area contributed by atoms with Crippen molar-refractivity contribution in [2.24, 2.45) is 5.92 Å². The summed E-state index contributed by atoms with van der Waals surface area (Å²) in [5, 5.41) is 0. The van der Waals surface area contributed by atoms with Crippen molar-refractivity contribution in [2.75, 3.05) is 6.61 Å². The van der Waals surface area contributed by atoms with E-state index in [4.69, 9.17) is 4.74 Å². The summed E-state index contributed by atoms with van der Waals surface area (Å²) in [4.78, 5) is 22.7. The third kappa shape index (κ3) is 4.02. The van der Waals surface area contributed by atoms with E-state index in [-0.39, 0.29) is 11.8 Å². The zero-order chi connectivity index (χ0) is 11.1. The maximum absolute atomic E-state index is 11.4. The zero-order valence-electron chi connectivity index (χ0n) is 9.46. The first kappa shape index (κ1) is 12.2. The molecule has 0 bridgehead atoms. The Bertz CT molecular complexity index is 223. The van der Waals surface area contributed by atoms with Crippen LogP contribution in [0, 0.1) is 5.92 Å². The fourth-order valence-electron chi connectivity index (χ4n) is 1.87. The Labute approximate surface area is 91.2 Å². The van der Waals surface area contributed by atoms with Gasteiger partial charge >= 0.3 is 5.97 Å². The largest absolute Gasteiger partial charge is 0.465 e. The molecule has 1 aliphatic carbocycles. The average Bonchev–Trinajstić information content (AvgIpc) is 2.64. The maximum atomic E-state index is 11.4. The lowest BCUT2D eigenvalue weighted by molar-refractivity contribution is -0.151. The molecule has 0 saturated heterocycles. The van der Waals surface area contributed by atoms with Gasteiger partial charge in [0.1, 0.15) is 11.7 Å². The molecule has 86 valence electrons. The van der Waals surface area contributed by atoms with Crippen LogP contribution in [0.2, 0.25) is 0 Å². The minimum atomic E-state index is -0.448. The van der Waals surface area contributed by atoms with E-state index in [0.29, 0.717) is 19.4 Å². The second kappa shape index (κ2) is 6.59. The van der Waals surface area contributed by atoms with Crippen molar-refractivity contribution in [2.45, 2.75) is 51.9 Å². The van der Waals surface area contributed by atoms with Crippen LogP contribution in [0.15, 0.2) is 0 Å². The molecule has 0 amide bonds. The molecule has 15 heavy (non-hydrogen) atoms. The van der Waals surface area contributed by atoms with Crippen LogP contribution in [0.5, 0.6) is 0 Å². The van der Waals surface area contributed by atoms with E-state index >= 15 is 0 Å². The number of hydrogen-bond donors (Lipinski definition) is 0. The Morgan fingerprint density at radius 3 is 2.80 bits per heavy atom. The fraction of sp³-hybridized carbons (Fsp3) is 0.833. The van der Waals surface area contributed by atoms with E-state index in [1.165, 1.54) is 12.8 Å². The Hall–Kier alpha value is -0.860. The molecule has 0 aliphatic heterocycles. The summed E-state index contributed by atoms with van der Waals surface area (Å²) in [7, 11) is 0. The molecule has 1 atom stereocenters. The van der Waals surface area contributed by atoms with Crippen molar-refractivity contribution >= 4 is 11.8 Å². The number of hydrogen-bond acceptors (Lipinski definition) is 3. The van der Waals surface area contributed by atoms with Gasteiger partial charge in [-0.25, -0.2) is 0 Å². The van der Waals surface area contributed by atoms with E-state index in [0.717, 1.165) is 19.3 Å². The van der Waals surface area contributed by atoms with Gasteiger partial charge in [-0.05, 0) is 19.3 Å². The van der Waals surface area contributed by atoms with Crippen molar-refractivity contribution in [3.8, 4) is 0 Å². The van der Waals surface area contributed by atoms with Gasteiger partial charge in [0, 0.05) is 6.42 Å². The molecule has 0 spiro atoms. The highest BCUT2D eigenvalue weighted by Crippen LogP contribution is 2.22. The molecular weight excluding hydrogens is 192 g/mol. The predicted molar refractivity (Wildman–Crippen MR) is 57.4 cm³/mol. The molecule has 3 nitrogen and oxygen atoms in total. The minimum absolute atomic E-state index is 0.0635. The highest BCUT2D eigenvalue weighted by molar-refractivity contribution is 6.00.